The Kier molecular flexibility index (Phi) is 11.6. The van der Waals surface area contributed by atoms with E-state index in [9.17, 15) is 4.79 Å². The molecule has 3 N–H and O–H groups in total. The van der Waals surface area contributed by atoms with Gasteiger partial charge < -0.3 is 16.0 Å². The largest absolute Gasteiger partial charge is 0.354 e. The quantitative estimate of drug-likeness (QED) is 0.548. The van der Waals surface area contributed by atoms with Crippen LogP contribution in [0, 0.1) is 11.8 Å². The summed E-state index contributed by atoms with van der Waals surface area (Å²) < 4.78 is 0. The zero-order chi connectivity index (χ0) is 19.1. The molecule has 0 radical (unpaired) electrons. The lowest BCUT2D eigenvalue weighted by atomic mass is 9.85. The Bertz CT molecular complexity index is 587. The first kappa shape index (κ1) is 26.2. The Morgan fingerprint density at radius 2 is 1.83 bits per heavy atom. The first-order valence-corrected chi connectivity index (χ1v) is 10.9. The van der Waals surface area contributed by atoms with Gasteiger partial charge in [0.25, 0.3) is 0 Å². The molecule has 3 rings (SSSR count). The van der Waals surface area contributed by atoms with Crippen LogP contribution < -0.4 is 16.0 Å². The van der Waals surface area contributed by atoms with Gasteiger partial charge in [-0.3, -0.25) is 4.79 Å². The van der Waals surface area contributed by atoms with Crippen LogP contribution in [-0.4, -0.2) is 31.1 Å². The van der Waals surface area contributed by atoms with Crippen molar-refractivity contribution in [2.24, 2.45) is 11.8 Å². The fourth-order valence-corrected chi connectivity index (χ4v) is 4.87. The van der Waals surface area contributed by atoms with Crippen LogP contribution >= 0.6 is 24.8 Å². The molecule has 29 heavy (non-hydrogen) atoms. The van der Waals surface area contributed by atoms with Gasteiger partial charge in [0.2, 0.25) is 5.91 Å². The van der Waals surface area contributed by atoms with Gasteiger partial charge in [0.15, 0.2) is 0 Å². The van der Waals surface area contributed by atoms with Crippen LogP contribution in [0.1, 0.15) is 70.4 Å². The molecule has 1 aliphatic heterocycles. The van der Waals surface area contributed by atoms with Gasteiger partial charge in [-0.25, -0.2) is 0 Å². The smallest absolute Gasteiger partial charge is 0.220 e. The summed E-state index contributed by atoms with van der Waals surface area (Å²) in [6.45, 7) is 7.41. The highest BCUT2D eigenvalue weighted by Gasteiger charge is 2.35. The number of carbonyl (C=O) groups is 1. The zero-order valence-electron chi connectivity index (χ0n) is 17.9. The summed E-state index contributed by atoms with van der Waals surface area (Å²) in [7, 11) is 0. The van der Waals surface area contributed by atoms with Crippen LogP contribution in [0.3, 0.4) is 0 Å². The van der Waals surface area contributed by atoms with Gasteiger partial charge in [0.05, 0.1) is 0 Å². The molecule has 0 spiro atoms. The number of hydrogen-bond donors (Lipinski definition) is 3. The van der Waals surface area contributed by atoms with Gasteiger partial charge in [0.1, 0.15) is 0 Å². The normalized spacial score (nSPS) is 22.6. The van der Waals surface area contributed by atoms with Crippen molar-refractivity contribution in [1.29, 1.82) is 0 Å². The number of piperidine rings is 1. The summed E-state index contributed by atoms with van der Waals surface area (Å²) >= 11 is 0. The number of amides is 1. The molecule has 4 nitrogen and oxygen atoms in total. The predicted octanol–water partition coefficient (Wildman–Crippen LogP) is 4.64. The van der Waals surface area contributed by atoms with Gasteiger partial charge in [0, 0.05) is 24.5 Å². The minimum absolute atomic E-state index is 0. The average Bonchev–Trinajstić information content (AvgIpc) is 3.16. The van der Waals surface area contributed by atoms with Crippen molar-refractivity contribution in [2.75, 3.05) is 19.6 Å². The van der Waals surface area contributed by atoms with E-state index in [1.165, 1.54) is 31.2 Å². The van der Waals surface area contributed by atoms with Crippen molar-refractivity contribution < 1.29 is 4.79 Å². The maximum atomic E-state index is 12.6. The molecule has 1 amide bonds. The summed E-state index contributed by atoms with van der Waals surface area (Å²) in [4.78, 5) is 12.6. The second kappa shape index (κ2) is 12.8. The van der Waals surface area contributed by atoms with Crippen LogP contribution in [0.15, 0.2) is 30.3 Å². The molecule has 1 saturated heterocycles. The van der Waals surface area contributed by atoms with Crippen LogP contribution in [0.2, 0.25) is 0 Å². The first-order chi connectivity index (χ1) is 13.1. The molecule has 3 atom stereocenters. The van der Waals surface area contributed by atoms with Crippen molar-refractivity contribution in [3.8, 4) is 0 Å². The predicted molar refractivity (Wildman–Crippen MR) is 126 cm³/mol. The Morgan fingerprint density at radius 1 is 1.14 bits per heavy atom. The second-order valence-electron chi connectivity index (χ2n) is 8.83. The summed E-state index contributed by atoms with van der Waals surface area (Å²) in [6.07, 6.45) is 7.92. The molecule has 166 valence electrons. The Morgan fingerprint density at radius 3 is 2.45 bits per heavy atom. The number of hydrogen-bond acceptors (Lipinski definition) is 3. The molecule has 6 heteroatoms. The lowest BCUT2D eigenvalue weighted by molar-refractivity contribution is -0.122. The Hall–Kier alpha value is -0.810. The molecule has 1 aliphatic carbocycles. The maximum Gasteiger partial charge on any atom is 0.220 e. The monoisotopic (exact) mass is 443 g/mol. The average molecular weight is 444 g/mol. The molecule has 1 heterocycles. The number of halogens is 2. The number of nitrogens with one attached hydrogen (secondary N) is 3. The zero-order valence-corrected chi connectivity index (χ0v) is 19.5. The van der Waals surface area contributed by atoms with E-state index < -0.39 is 0 Å². The van der Waals surface area contributed by atoms with E-state index in [1.807, 2.05) is 0 Å². The van der Waals surface area contributed by atoms with E-state index in [1.54, 1.807) is 0 Å². The Balaban J connectivity index is 0.00000210. The van der Waals surface area contributed by atoms with Gasteiger partial charge >= 0.3 is 0 Å². The van der Waals surface area contributed by atoms with E-state index in [-0.39, 0.29) is 36.3 Å². The third-order valence-electron chi connectivity index (χ3n) is 6.65. The fraction of sp³-hybridized carbons (Fsp3) is 0.696. The van der Waals surface area contributed by atoms with Crippen LogP contribution in [0.25, 0.3) is 0 Å². The number of rotatable bonds is 8. The van der Waals surface area contributed by atoms with Crippen LogP contribution in [0.5, 0.6) is 0 Å². The summed E-state index contributed by atoms with van der Waals surface area (Å²) in [5.41, 5.74) is 1.36. The molecule has 0 aromatic heterocycles. The summed E-state index contributed by atoms with van der Waals surface area (Å²) in [5.74, 6) is 1.31. The standard InChI is InChI=1S/C23H37N3O.2ClH/c1-18(21-11-8-14-24-16-21)15-22(27)25-17-23(12-6-7-13-23)26-19(2)20-9-4-3-5-10-20;;/h3-5,9-10,18-19,21,24,26H,6-8,11-17H2,1-2H3,(H,25,27);2*1H. The van der Waals surface area contributed by atoms with Crippen molar-refractivity contribution in [3.63, 3.8) is 0 Å². The van der Waals surface area contributed by atoms with Crippen molar-refractivity contribution in [1.82, 2.24) is 16.0 Å². The Labute approximate surface area is 189 Å². The van der Waals surface area contributed by atoms with Gasteiger partial charge in [-0.15, -0.1) is 24.8 Å². The molecule has 2 aliphatic rings. The van der Waals surface area contributed by atoms with E-state index in [2.05, 4.69) is 60.1 Å². The van der Waals surface area contributed by atoms with E-state index in [4.69, 9.17) is 0 Å². The molecule has 2 fully saturated rings. The lowest BCUT2D eigenvalue weighted by Gasteiger charge is -2.35. The SMILES string of the molecule is CC(NC1(CNC(=O)CC(C)C2CCCNC2)CCCC1)c1ccccc1.Cl.Cl. The molecule has 1 saturated carbocycles. The third kappa shape index (κ3) is 7.75. The number of carbonyl (C=O) groups excluding carboxylic acids is 1. The van der Waals surface area contributed by atoms with Gasteiger partial charge in [-0.05, 0) is 63.1 Å². The second-order valence-corrected chi connectivity index (χ2v) is 8.83. The summed E-state index contributed by atoms with van der Waals surface area (Å²) in [6, 6.07) is 10.9. The highest BCUT2D eigenvalue weighted by Crippen LogP contribution is 2.32. The lowest BCUT2D eigenvalue weighted by Crippen LogP contribution is -2.52. The third-order valence-corrected chi connectivity index (χ3v) is 6.65. The summed E-state index contributed by atoms with van der Waals surface area (Å²) in [5, 5.41) is 10.6. The van der Waals surface area contributed by atoms with Gasteiger partial charge in [-0.1, -0.05) is 50.1 Å². The van der Waals surface area contributed by atoms with Crippen molar-refractivity contribution in [2.45, 2.75) is 70.4 Å². The molecular weight excluding hydrogens is 405 g/mol. The minimum Gasteiger partial charge on any atom is -0.354 e. The van der Waals surface area contributed by atoms with E-state index in [0.29, 0.717) is 24.3 Å². The van der Waals surface area contributed by atoms with Crippen LogP contribution in [0.4, 0.5) is 0 Å². The van der Waals surface area contributed by atoms with Gasteiger partial charge in [-0.2, -0.15) is 0 Å². The first-order valence-electron chi connectivity index (χ1n) is 10.9. The number of benzene rings is 1. The molecule has 1 aromatic rings. The minimum atomic E-state index is 0. The highest BCUT2D eigenvalue weighted by atomic mass is 35.5. The molecule has 3 unspecified atom stereocenters. The topological polar surface area (TPSA) is 53.2 Å². The highest BCUT2D eigenvalue weighted by molar-refractivity contribution is 5.85. The van der Waals surface area contributed by atoms with E-state index in [0.717, 1.165) is 32.5 Å². The van der Waals surface area contributed by atoms with Crippen LogP contribution in [-0.2, 0) is 4.79 Å². The molecule has 1 aromatic carbocycles. The molecule has 0 bridgehead atoms. The fourth-order valence-electron chi connectivity index (χ4n) is 4.87. The van der Waals surface area contributed by atoms with Crippen molar-refractivity contribution >= 4 is 30.7 Å². The van der Waals surface area contributed by atoms with Crippen molar-refractivity contribution in [3.05, 3.63) is 35.9 Å². The maximum absolute atomic E-state index is 12.6. The molecular formula is C23H39Cl2N3O. The van der Waals surface area contributed by atoms with E-state index >= 15 is 0 Å².